The Morgan fingerprint density at radius 3 is 2.35 bits per heavy atom. The number of aliphatic hydroxyl groups is 2. The van der Waals surface area contributed by atoms with Gasteiger partial charge in [0.2, 0.25) is 0 Å². The first-order valence-corrected chi connectivity index (χ1v) is 19.2. The zero-order chi connectivity index (χ0) is 35.7. The summed E-state index contributed by atoms with van der Waals surface area (Å²) >= 11 is 0. The van der Waals surface area contributed by atoms with Gasteiger partial charge in [-0.2, -0.15) is 0 Å². The number of aliphatic hydroxyl groups excluding tert-OH is 1. The lowest BCUT2D eigenvalue weighted by atomic mass is 9.41. The first-order chi connectivity index (χ1) is 22.7. The van der Waals surface area contributed by atoms with Gasteiger partial charge in [-0.1, -0.05) is 34.6 Å². The van der Waals surface area contributed by atoms with E-state index in [1.165, 1.54) is 19.8 Å². The second kappa shape index (κ2) is 11.5. The average molecular weight is 689 g/mol. The molecule has 0 aromatic rings. The van der Waals surface area contributed by atoms with Gasteiger partial charge in [0.05, 0.1) is 43.2 Å². The van der Waals surface area contributed by atoms with Crippen molar-refractivity contribution in [3.05, 3.63) is 0 Å². The van der Waals surface area contributed by atoms with E-state index in [-0.39, 0.29) is 57.1 Å². The van der Waals surface area contributed by atoms with Crippen molar-refractivity contribution < 1.29 is 38.7 Å². The number of carbonyl (C=O) groups is 2. The molecule has 4 unspecified atom stereocenters. The van der Waals surface area contributed by atoms with Gasteiger partial charge in [0.15, 0.2) is 12.4 Å². The fourth-order valence-electron chi connectivity index (χ4n) is 13.9. The Bertz CT molecular complexity index is 1330. The van der Waals surface area contributed by atoms with E-state index in [2.05, 4.69) is 34.6 Å². The predicted molar refractivity (Wildman–Crippen MR) is 183 cm³/mol. The highest BCUT2D eigenvalue weighted by atomic mass is 16.7. The van der Waals surface area contributed by atoms with Crippen LogP contribution in [0.15, 0.2) is 0 Å². The summed E-state index contributed by atoms with van der Waals surface area (Å²) in [5.41, 5.74) is -1.22. The summed E-state index contributed by atoms with van der Waals surface area (Å²) in [6, 6.07) is 0.000463. The Labute approximate surface area is 293 Å². The number of morpholine rings is 1. The van der Waals surface area contributed by atoms with Gasteiger partial charge in [-0.25, -0.2) is 4.79 Å². The molecule has 0 aromatic carbocycles. The number of rotatable bonds is 5. The SMILES string of the molecule is CC(=O)O[C@@H](C1C[C@@H](C)[C@H]2C(O1)[C@H](O)[C@@]1(C)C3CC[C@H]4C(C)(C)[C@@H](O[C@H]5CN(C(=O)N(C)C)CCO5)CC[C@@]45CC35CC[C@]21C)C(C)(C)O. The molecule has 278 valence electrons. The Balaban J connectivity index is 1.12. The fraction of sp³-hybridized carbons (Fsp3) is 0.949. The molecule has 0 radical (unpaired) electrons. The monoisotopic (exact) mass is 688 g/mol. The fourth-order valence-corrected chi connectivity index (χ4v) is 13.9. The predicted octanol–water partition coefficient (Wildman–Crippen LogP) is 5.23. The summed E-state index contributed by atoms with van der Waals surface area (Å²) in [5.74, 6) is 0.954. The van der Waals surface area contributed by atoms with Gasteiger partial charge in [-0.05, 0) is 111 Å². The number of nitrogens with zero attached hydrogens (tertiary/aromatic N) is 2. The highest BCUT2D eigenvalue weighted by molar-refractivity contribution is 5.73. The first kappa shape index (κ1) is 35.9. The molecule has 10 nitrogen and oxygen atoms in total. The van der Waals surface area contributed by atoms with E-state index in [1.54, 1.807) is 32.8 Å². The third kappa shape index (κ3) is 4.95. The third-order valence-corrected chi connectivity index (χ3v) is 16.1. The van der Waals surface area contributed by atoms with Crippen LogP contribution in [0.1, 0.15) is 107 Å². The minimum Gasteiger partial charge on any atom is -0.457 e. The zero-order valence-electron chi connectivity index (χ0n) is 31.8. The van der Waals surface area contributed by atoms with Crippen LogP contribution >= 0.6 is 0 Å². The number of fused-ring (bicyclic) bond motifs is 4. The van der Waals surface area contributed by atoms with Crippen LogP contribution in [0.4, 0.5) is 4.79 Å². The van der Waals surface area contributed by atoms with Gasteiger partial charge >= 0.3 is 12.0 Å². The normalized spacial score (nSPS) is 49.0. The highest BCUT2D eigenvalue weighted by Crippen LogP contribution is 2.89. The molecular weight excluding hydrogens is 624 g/mol. The van der Waals surface area contributed by atoms with Crippen molar-refractivity contribution in [1.82, 2.24) is 9.80 Å². The molecule has 2 aliphatic heterocycles. The molecule has 7 fully saturated rings. The lowest BCUT2D eigenvalue weighted by molar-refractivity contribution is -0.245. The minimum absolute atomic E-state index is 0.000463. The maximum absolute atomic E-state index is 12.7. The van der Waals surface area contributed by atoms with Crippen molar-refractivity contribution in [2.75, 3.05) is 33.8 Å². The number of hydrogen-bond donors (Lipinski definition) is 2. The van der Waals surface area contributed by atoms with E-state index in [1.807, 2.05) is 4.90 Å². The van der Waals surface area contributed by atoms with Crippen molar-refractivity contribution in [2.45, 2.75) is 149 Å². The van der Waals surface area contributed by atoms with E-state index < -0.39 is 36.2 Å². The van der Waals surface area contributed by atoms with Gasteiger partial charge in [-0.3, -0.25) is 4.79 Å². The van der Waals surface area contributed by atoms with Crippen molar-refractivity contribution in [1.29, 1.82) is 0 Å². The van der Waals surface area contributed by atoms with Crippen LogP contribution in [0.2, 0.25) is 0 Å². The molecule has 2 saturated heterocycles. The summed E-state index contributed by atoms with van der Waals surface area (Å²) in [6.45, 7) is 18.2. The molecule has 7 aliphatic rings. The smallest absolute Gasteiger partial charge is 0.319 e. The second-order valence-electron chi connectivity index (χ2n) is 19.3. The van der Waals surface area contributed by atoms with E-state index in [9.17, 15) is 19.8 Å². The number of esters is 1. The summed E-state index contributed by atoms with van der Waals surface area (Å²) in [7, 11) is 3.57. The molecule has 7 rings (SSSR count). The molecular formula is C39H64N2O8. The van der Waals surface area contributed by atoms with Crippen molar-refractivity contribution in [2.24, 2.45) is 50.7 Å². The van der Waals surface area contributed by atoms with E-state index in [4.69, 9.17) is 18.9 Å². The van der Waals surface area contributed by atoms with Crippen LogP contribution in [-0.2, 0) is 23.7 Å². The Kier molecular flexibility index (Phi) is 8.44. The molecule has 2 amide bonds. The van der Waals surface area contributed by atoms with E-state index >= 15 is 0 Å². The number of ether oxygens (including phenoxy) is 4. The molecule has 0 bridgehead atoms. The molecule has 49 heavy (non-hydrogen) atoms. The standard InChI is InChI=1S/C39H64N2O8/c1-22-19-24(32(35(5,6)45)47-23(2)42)48-30-29(22)36(7)15-16-39-21-38(39)14-13-27(49-28-20-41(17-18-46-28)33(44)40(9)10)34(3,4)25(38)11-12-26(39)37(36,8)31(30)43/h22,24-32,43,45H,11-21H2,1-10H3/t22-,24?,25+,26?,27+,28+,29+,30?,31+,32+,36-,37-,38-,39?/m1/s1. The van der Waals surface area contributed by atoms with Crippen LogP contribution < -0.4 is 0 Å². The van der Waals surface area contributed by atoms with Crippen LogP contribution in [0, 0.1) is 50.7 Å². The van der Waals surface area contributed by atoms with Gasteiger partial charge in [0, 0.05) is 33.0 Å². The zero-order valence-corrected chi connectivity index (χ0v) is 31.8. The minimum atomic E-state index is -1.27. The van der Waals surface area contributed by atoms with Crippen molar-refractivity contribution >= 4 is 12.0 Å². The largest absolute Gasteiger partial charge is 0.457 e. The van der Waals surface area contributed by atoms with Gasteiger partial charge < -0.3 is 39.0 Å². The molecule has 2 heterocycles. The summed E-state index contributed by atoms with van der Waals surface area (Å²) in [5, 5.41) is 23.6. The third-order valence-electron chi connectivity index (χ3n) is 16.1. The van der Waals surface area contributed by atoms with Gasteiger partial charge in [0.25, 0.3) is 0 Å². The summed E-state index contributed by atoms with van der Waals surface area (Å²) < 4.78 is 25.4. The Hall–Kier alpha value is -1.46. The van der Waals surface area contributed by atoms with Crippen LogP contribution in [0.5, 0.6) is 0 Å². The molecule has 0 aromatic heterocycles. The maximum Gasteiger partial charge on any atom is 0.319 e. The van der Waals surface area contributed by atoms with E-state index in [0.29, 0.717) is 38.0 Å². The molecule has 14 atom stereocenters. The summed E-state index contributed by atoms with van der Waals surface area (Å²) in [6.07, 6.45) is 5.91. The van der Waals surface area contributed by atoms with E-state index in [0.717, 1.165) is 32.1 Å². The second-order valence-corrected chi connectivity index (χ2v) is 19.3. The molecule has 2 spiro atoms. The highest BCUT2D eigenvalue weighted by Gasteiger charge is 2.84. The van der Waals surface area contributed by atoms with Crippen LogP contribution in [-0.4, -0.2) is 108 Å². The lowest BCUT2D eigenvalue weighted by Gasteiger charge is -2.64. The topological polar surface area (TPSA) is 118 Å². The number of amides is 2. The summed E-state index contributed by atoms with van der Waals surface area (Å²) in [4.78, 5) is 28.2. The van der Waals surface area contributed by atoms with Crippen molar-refractivity contribution in [3.63, 3.8) is 0 Å². The molecule has 5 saturated carbocycles. The Morgan fingerprint density at radius 1 is 1.02 bits per heavy atom. The average Bonchev–Trinajstić information content (AvgIpc) is 3.65. The quantitative estimate of drug-likeness (QED) is 0.378. The first-order valence-electron chi connectivity index (χ1n) is 19.2. The van der Waals surface area contributed by atoms with Gasteiger partial charge in [-0.15, -0.1) is 0 Å². The molecule has 5 aliphatic carbocycles. The number of hydrogen-bond acceptors (Lipinski definition) is 8. The van der Waals surface area contributed by atoms with Crippen LogP contribution in [0.25, 0.3) is 0 Å². The number of carbonyl (C=O) groups excluding carboxylic acids is 2. The Morgan fingerprint density at radius 2 is 1.69 bits per heavy atom. The van der Waals surface area contributed by atoms with Crippen LogP contribution in [0.3, 0.4) is 0 Å². The van der Waals surface area contributed by atoms with Gasteiger partial charge in [0.1, 0.15) is 0 Å². The molecule has 2 N–H and O–H groups in total. The molecule has 10 heteroatoms. The number of urea groups is 1. The van der Waals surface area contributed by atoms with Crippen molar-refractivity contribution in [3.8, 4) is 0 Å². The lowest BCUT2D eigenvalue weighted by Crippen LogP contribution is -2.60. The maximum atomic E-state index is 12.7.